The van der Waals surface area contributed by atoms with Crippen LogP contribution in [0.4, 0.5) is 0 Å². The van der Waals surface area contributed by atoms with Crippen molar-refractivity contribution in [3.05, 3.63) is 109 Å². The van der Waals surface area contributed by atoms with Crippen molar-refractivity contribution in [1.29, 1.82) is 0 Å². The molecule has 1 unspecified atom stereocenters. The van der Waals surface area contributed by atoms with Crippen LogP contribution in [0.3, 0.4) is 0 Å². The molecule has 0 spiro atoms. The standard InChI is InChI=1S/C65H110O5/c1-4-7-10-13-16-19-22-25-28-30-32-34-36-39-42-45-48-51-54-57-60-68-61-63(70-65(67)59-56-53-50-47-44-41-37-27-24-21-18-15-12-9-6-3)62-69-64(66)58-55-52-49-46-43-40-38-35-33-31-29-26-23-20-17-14-11-8-5-2/h8-9,11-12,17-18,20-21,26-27,29,33,35,37,44,47,53,56,63H,4-7,10,13-16,19,22-25,28,30-32,34,36,38-43,45-46,48-52,54-55,57-62H2,1-3H3/b11-8-,12-9-,20-17-,21-18-,29-26-,35-33-,37-27-,47-44-,56-53-. The molecule has 0 aromatic heterocycles. The Labute approximate surface area is 434 Å². The fourth-order valence-corrected chi connectivity index (χ4v) is 8.05. The number of carbonyl (C=O) groups excluding carboxylic acids is 2. The van der Waals surface area contributed by atoms with Crippen molar-refractivity contribution in [1.82, 2.24) is 0 Å². The van der Waals surface area contributed by atoms with Crippen LogP contribution in [-0.4, -0.2) is 37.9 Å². The molecule has 0 saturated heterocycles. The molecular weight excluding hydrogens is 861 g/mol. The minimum atomic E-state index is -0.602. The quantitative estimate of drug-likeness (QED) is 0.0345. The summed E-state index contributed by atoms with van der Waals surface area (Å²) in [6, 6.07) is 0. The molecule has 0 bridgehead atoms. The molecule has 0 aliphatic heterocycles. The molecule has 0 amide bonds. The zero-order valence-electron chi connectivity index (χ0n) is 46.0. The molecular formula is C65H110O5. The average molecular weight is 972 g/mol. The summed E-state index contributed by atoms with van der Waals surface area (Å²) >= 11 is 0. The Kier molecular flexibility index (Phi) is 56.9. The Morgan fingerprint density at radius 2 is 0.686 bits per heavy atom. The summed E-state index contributed by atoms with van der Waals surface area (Å²) in [7, 11) is 0. The van der Waals surface area contributed by atoms with Crippen molar-refractivity contribution in [2.45, 2.75) is 271 Å². The van der Waals surface area contributed by atoms with Crippen molar-refractivity contribution >= 4 is 11.9 Å². The lowest BCUT2D eigenvalue weighted by Crippen LogP contribution is -2.29. The Bertz CT molecular complexity index is 1380. The van der Waals surface area contributed by atoms with Crippen LogP contribution >= 0.6 is 0 Å². The Morgan fingerprint density at radius 3 is 1.10 bits per heavy atom. The molecule has 0 aromatic carbocycles. The lowest BCUT2D eigenvalue weighted by molar-refractivity contribution is -0.162. The van der Waals surface area contributed by atoms with Gasteiger partial charge < -0.3 is 14.2 Å². The Hall–Kier alpha value is -3.44. The van der Waals surface area contributed by atoms with E-state index in [1.807, 2.05) is 12.2 Å². The second-order valence-corrected chi connectivity index (χ2v) is 19.2. The third kappa shape index (κ3) is 57.1. The maximum Gasteiger partial charge on any atom is 0.310 e. The lowest BCUT2D eigenvalue weighted by Gasteiger charge is -2.18. The SMILES string of the molecule is CC/C=C\C/C=C\C/C=C\C/C=C\C/C=C\CC(=O)OC(COCCCCCCCCCCCCCCCCCCCCCC)COC(=O)CCCCCCCC/C=C\C/C=C\C/C=C\C/C=C\CC. The van der Waals surface area contributed by atoms with E-state index in [-0.39, 0.29) is 31.6 Å². The third-order valence-corrected chi connectivity index (χ3v) is 12.3. The van der Waals surface area contributed by atoms with Crippen LogP contribution in [0.15, 0.2) is 109 Å². The fraction of sp³-hybridized carbons (Fsp3) is 0.692. The smallest absolute Gasteiger partial charge is 0.310 e. The normalized spacial score (nSPS) is 13.0. The van der Waals surface area contributed by atoms with Crippen molar-refractivity contribution in [2.24, 2.45) is 0 Å². The molecule has 0 radical (unpaired) electrons. The van der Waals surface area contributed by atoms with Gasteiger partial charge in [-0.05, 0) is 83.5 Å². The number of allylic oxidation sites excluding steroid dienone is 17. The minimum absolute atomic E-state index is 0.0345. The predicted molar refractivity (Wildman–Crippen MR) is 306 cm³/mol. The summed E-state index contributed by atoms with van der Waals surface area (Å²) in [6.07, 6.45) is 82.9. The van der Waals surface area contributed by atoms with Crippen LogP contribution in [0.5, 0.6) is 0 Å². The summed E-state index contributed by atoms with van der Waals surface area (Å²) in [4.78, 5) is 25.5. The molecule has 400 valence electrons. The molecule has 0 aliphatic carbocycles. The van der Waals surface area contributed by atoms with E-state index in [0.29, 0.717) is 13.0 Å². The zero-order chi connectivity index (χ0) is 50.6. The Balaban J connectivity index is 4.37. The molecule has 0 N–H and O–H groups in total. The first-order chi connectivity index (χ1) is 34.6. The average Bonchev–Trinajstić information content (AvgIpc) is 3.36. The minimum Gasteiger partial charge on any atom is -0.462 e. The zero-order valence-corrected chi connectivity index (χ0v) is 46.0. The number of rotatable bonds is 53. The highest BCUT2D eigenvalue weighted by Crippen LogP contribution is 2.16. The Morgan fingerprint density at radius 1 is 0.343 bits per heavy atom. The molecule has 70 heavy (non-hydrogen) atoms. The molecule has 5 nitrogen and oxygen atoms in total. The van der Waals surface area contributed by atoms with E-state index in [1.54, 1.807) is 0 Å². The molecule has 0 aromatic rings. The third-order valence-electron chi connectivity index (χ3n) is 12.3. The van der Waals surface area contributed by atoms with Gasteiger partial charge in [0.2, 0.25) is 0 Å². The van der Waals surface area contributed by atoms with Crippen molar-refractivity contribution in [2.75, 3.05) is 19.8 Å². The molecule has 5 heteroatoms. The first kappa shape index (κ1) is 66.6. The second kappa shape index (κ2) is 59.9. The summed E-state index contributed by atoms with van der Waals surface area (Å²) in [6.45, 7) is 7.50. The first-order valence-corrected chi connectivity index (χ1v) is 29.4. The van der Waals surface area contributed by atoms with E-state index in [4.69, 9.17) is 14.2 Å². The number of ether oxygens (including phenoxy) is 3. The van der Waals surface area contributed by atoms with Crippen LogP contribution in [0, 0.1) is 0 Å². The number of hydrogen-bond acceptors (Lipinski definition) is 5. The largest absolute Gasteiger partial charge is 0.462 e. The van der Waals surface area contributed by atoms with Gasteiger partial charge in [0.05, 0.1) is 13.0 Å². The highest BCUT2D eigenvalue weighted by molar-refractivity contribution is 5.71. The van der Waals surface area contributed by atoms with E-state index in [0.717, 1.165) is 96.3 Å². The summed E-state index contributed by atoms with van der Waals surface area (Å²) < 4.78 is 17.4. The van der Waals surface area contributed by atoms with Gasteiger partial charge in [-0.2, -0.15) is 0 Å². The first-order valence-electron chi connectivity index (χ1n) is 29.4. The van der Waals surface area contributed by atoms with E-state index in [9.17, 15) is 9.59 Å². The van der Waals surface area contributed by atoms with Crippen LogP contribution in [0.25, 0.3) is 0 Å². The van der Waals surface area contributed by atoms with Gasteiger partial charge in [-0.25, -0.2) is 0 Å². The van der Waals surface area contributed by atoms with Gasteiger partial charge in [-0.3, -0.25) is 9.59 Å². The predicted octanol–water partition coefficient (Wildman–Crippen LogP) is 20.3. The van der Waals surface area contributed by atoms with Gasteiger partial charge in [-0.1, -0.05) is 278 Å². The molecule has 0 fully saturated rings. The van der Waals surface area contributed by atoms with E-state index >= 15 is 0 Å². The van der Waals surface area contributed by atoms with Crippen LogP contribution in [0.1, 0.15) is 265 Å². The van der Waals surface area contributed by atoms with E-state index < -0.39 is 6.10 Å². The topological polar surface area (TPSA) is 61.8 Å². The van der Waals surface area contributed by atoms with E-state index in [2.05, 4.69) is 118 Å². The lowest BCUT2D eigenvalue weighted by atomic mass is 10.0. The van der Waals surface area contributed by atoms with Gasteiger partial charge in [0.1, 0.15) is 6.61 Å². The van der Waals surface area contributed by atoms with Crippen LogP contribution in [0.2, 0.25) is 0 Å². The fourth-order valence-electron chi connectivity index (χ4n) is 8.05. The van der Waals surface area contributed by atoms with Crippen molar-refractivity contribution < 1.29 is 23.8 Å². The van der Waals surface area contributed by atoms with Crippen molar-refractivity contribution in [3.63, 3.8) is 0 Å². The number of hydrogen-bond donors (Lipinski definition) is 0. The van der Waals surface area contributed by atoms with Gasteiger partial charge in [-0.15, -0.1) is 0 Å². The second-order valence-electron chi connectivity index (χ2n) is 19.2. The molecule has 0 heterocycles. The molecule has 1 atom stereocenters. The van der Waals surface area contributed by atoms with E-state index in [1.165, 1.54) is 135 Å². The van der Waals surface area contributed by atoms with Crippen LogP contribution < -0.4 is 0 Å². The number of unbranched alkanes of at least 4 members (excludes halogenated alkanes) is 25. The molecule has 0 saturated carbocycles. The monoisotopic (exact) mass is 971 g/mol. The van der Waals surface area contributed by atoms with Gasteiger partial charge >= 0.3 is 11.9 Å². The summed E-state index contributed by atoms with van der Waals surface area (Å²) in [5.41, 5.74) is 0. The van der Waals surface area contributed by atoms with Crippen LogP contribution in [-0.2, 0) is 23.8 Å². The maximum absolute atomic E-state index is 12.8. The summed E-state index contributed by atoms with van der Waals surface area (Å²) in [5.74, 6) is -0.556. The van der Waals surface area contributed by atoms with Gasteiger partial charge in [0.25, 0.3) is 0 Å². The highest BCUT2D eigenvalue weighted by Gasteiger charge is 2.17. The molecule has 0 aliphatic rings. The highest BCUT2D eigenvalue weighted by atomic mass is 16.6. The number of carbonyl (C=O) groups is 2. The maximum atomic E-state index is 12.8. The van der Waals surface area contributed by atoms with Crippen molar-refractivity contribution in [3.8, 4) is 0 Å². The molecule has 0 rings (SSSR count). The van der Waals surface area contributed by atoms with Gasteiger partial charge in [0.15, 0.2) is 6.10 Å². The van der Waals surface area contributed by atoms with Gasteiger partial charge in [0, 0.05) is 13.0 Å². The summed E-state index contributed by atoms with van der Waals surface area (Å²) in [5, 5.41) is 0. The number of esters is 2.